The number of unbranched alkanes of at least 4 members (excludes halogenated alkanes) is 1. The van der Waals surface area contributed by atoms with Crippen LogP contribution < -0.4 is 0 Å². The van der Waals surface area contributed by atoms with Crippen molar-refractivity contribution in [2.24, 2.45) is 5.92 Å². The average Bonchev–Trinajstić information content (AvgIpc) is 2.89. The number of allylic oxidation sites excluding steroid dienone is 2. The highest BCUT2D eigenvalue weighted by Gasteiger charge is 2.41. The van der Waals surface area contributed by atoms with Gasteiger partial charge in [-0.3, -0.25) is 9.59 Å². The molecule has 1 unspecified atom stereocenters. The first-order valence-electron chi connectivity index (χ1n) is 10.1. The number of carbonyl (C=O) groups excluding carboxylic acids is 2. The highest BCUT2D eigenvalue weighted by Crippen LogP contribution is 2.36. The molecule has 154 valence electrons. The van der Waals surface area contributed by atoms with Crippen LogP contribution in [0.15, 0.2) is 24.3 Å². The molecule has 0 aromatic heterocycles. The highest BCUT2D eigenvalue weighted by atomic mass is 16.3. The Kier molecular flexibility index (Phi) is 10.1. The minimum atomic E-state index is -1.10. The number of aliphatic hydroxyl groups excluding tert-OH is 1. The van der Waals surface area contributed by atoms with E-state index in [0.717, 1.165) is 25.7 Å². The summed E-state index contributed by atoms with van der Waals surface area (Å²) >= 11 is 0. The largest absolute Gasteiger partial charge is 0.390 e. The van der Waals surface area contributed by atoms with Gasteiger partial charge in [-0.15, -0.1) is 0 Å². The Bertz CT molecular complexity index is 535. The zero-order valence-corrected chi connectivity index (χ0v) is 16.8. The first-order chi connectivity index (χ1) is 12.7. The van der Waals surface area contributed by atoms with Gasteiger partial charge in [0, 0.05) is 18.8 Å². The number of Topliss-reactive ketones (excluding diaryl/α,β-unsaturated/α-hetero) is 2. The molecule has 0 bridgehead atoms. The minimum Gasteiger partial charge on any atom is -0.390 e. The molecular weight excluding hydrogens is 344 g/mol. The maximum Gasteiger partial charge on any atom is 0.158 e. The zero-order valence-electron chi connectivity index (χ0n) is 16.8. The fourth-order valence-electron chi connectivity index (χ4n) is 3.50. The fourth-order valence-corrected chi connectivity index (χ4v) is 3.50. The lowest BCUT2D eigenvalue weighted by molar-refractivity contribution is -0.122. The first-order valence-corrected chi connectivity index (χ1v) is 10.1. The Morgan fingerprint density at radius 2 is 2.00 bits per heavy atom. The quantitative estimate of drug-likeness (QED) is 0.426. The van der Waals surface area contributed by atoms with Crippen molar-refractivity contribution in [2.45, 2.75) is 89.3 Å². The van der Waals surface area contributed by atoms with Gasteiger partial charge in [0.2, 0.25) is 0 Å². The molecule has 5 nitrogen and oxygen atoms in total. The minimum absolute atomic E-state index is 0.0868. The van der Waals surface area contributed by atoms with Crippen molar-refractivity contribution in [3.8, 4) is 0 Å². The van der Waals surface area contributed by atoms with E-state index in [1.807, 2.05) is 18.2 Å². The summed E-state index contributed by atoms with van der Waals surface area (Å²) in [4.78, 5) is 23.2. The molecule has 0 saturated heterocycles. The van der Waals surface area contributed by atoms with E-state index in [-0.39, 0.29) is 23.9 Å². The highest BCUT2D eigenvalue weighted by molar-refractivity contribution is 5.85. The predicted octanol–water partition coefficient (Wildman–Crippen LogP) is 3.26. The Balaban J connectivity index is 2.39. The molecule has 1 aliphatic carbocycles. The van der Waals surface area contributed by atoms with Crippen molar-refractivity contribution >= 4 is 11.6 Å². The molecule has 27 heavy (non-hydrogen) atoms. The standard InChI is InChI=1S/C22H36O5/c1-3-4-12-21(2,26)13-9-14-22(27)15-18(20(25)16-22)10-7-5-6-8-11-19(24)17-23/h5-6,9,14,18,23,26-27H,3-4,7-8,10-13,15-17H2,1-2H3/b6-5-,14-9+/t18-,21?,22+/m0/s1. The van der Waals surface area contributed by atoms with E-state index in [1.54, 1.807) is 13.0 Å². The van der Waals surface area contributed by atoms with E-state index in [2.05, 4.69) is 6.92 Å². The second-order valence-corrected chi connectivity index (χ2v) is 8.14. The fraction of sp³-hybridized carbons (Fsp3) is 0.727. The summed E-state index contributed by atoms with van der Waals surface area (Å²) in [6.45, 7) is 3.48. The van der Waals surface area contributed by atoms with Crippen molar-refractivity contribution in [3.63, 3.8) is 0 Å². The topological polar surface area (TPSA) is 94.8 Å². The van der Waals surface area contributed by atoms with Crippen LogP contribution in [0.1, 0.15) is 78.1 Å². The predicted molar refractivity (Wildman–Crippen MR) is 106 cm³/mol. The van der Waals surface area contributed by atoms with Gasteiger partial charge in [0.05, 0.1) is 11.2 Å². The summed E-state index contributed by atoms with van der Waals surface area (Å²) in [6, 6.07) is 0. The molecule has 0 aromatic rings. The van der Waals surface area contributed by atoms with Crippen molar-refractivity contribution in [3.05, 3.63) is 24.3 Å². The van der Waals surface area contributed by atoms with Gasteiger partial charge >= 0.3 is 0 Å². The number of hydrogen-bond donors (Lipinski definition) is 3. The summed E-state index contributed by atoms with van der Waals surface area (Å²) in [6.07, 6.45) is 13.5. The molecule has 0 spiro atoms. The van der Waals surface area contributed by atoms with Crippen LogP contribution in [0.4, 0.5) is 0 Å². The van der Waals surface area contributed by atoms with Gasteiger partial charge in [-0.2, -0.15) is 0 Å². The van der Waals surface area contributed by atoms with Crippen LogP contribution in [0.25, 0.3) is 0 Å². The lowest BCUT2D eigenvalue weighted by Gasteiger charge is -2.22. The number of ketones is 2. The van der Waals surface area contributed by atoms with Crippen LogP contribution >= 0.6 is 0 Å². The summed E-state index contributed by atoms with van der Waals surface area (Å²) in [5.74, 6) is -0.233. The van der Waals surface area contributed by atoms with Gasteiger partial charge in [0.1, 0.15) is 12.4 Å². The second-order valence-electron chi connectivity index (χ2n) is 8.14. The lowest BCUT2D eigenvalue weighted by atomic mass is 9.92. The van der Waals surface area contributed by atoms with Gasteiger partial charge in [-0.25, -0.2) is 0 Å². The molecular formula is C22H36O5. The zero-order chi connectivity index (χ0) is 20.3. The SMILES string of the molecule is CCCCC(C)(O)C/C=C/[C@]1(O)CC(=O)[C@@H](CC/C=C\CCC(=O)CO)C1. The van der Waals surface area contributed by atoms with Crippen LogP contribution in [0, 0.1) is 5.92 Å². The molecule has 0 radical (unpaired) electrons. The third-order valence-electron chi connectivity index (χ3n) is 5.20. The number of hydrogen-bond acceptors (Lipinski definition) is 5. The van der Waals surface area contributed by atoms with Crippen molar-refractivity contribution in [2.75, 3.05) is 6.61 Å². The molecule has 0 amide bonds. The first kappa shape index (κ1) is 23.7. The van der Waals surface area contributed by atoms with Crippen LogP contribution in [-0.4, -0.2) is 44.7 Å². The molecule has 5 heteroatoms. The summed E-state index contributed by atoms with van der Waals surface area (Å²) in [5.41, 5.74) is -1.87. The molecule has 1 saturated carbocycles. The van der Waals surface area contributed by atoms with Gasteiger partial charge in [0.25, 0.3) is 0 Å². The third kappa shape index (κ3) is 9.45. The van der Waals surface area contributed by atoms with Crippen molar-refractivity contribution in [1.82, 2.24) is 0 Å². The molecule has 1 rings (SSSR count). The molecule has 0 aliphatic heterocycles. The monoisotopic (exact) mass is 380 g/mol. The second kappa shape index (κ2) is 11.5. The molecule has 0 aromatic carbocycles. The van der Waals surface area contributed by atoms with E-state index >= 15 is 0 Å². The van der Waals surface area contributed by atoms with E-state index < -0.39 is 17.8 Å². The lowest BCUT2D eigenvalue weighted by Crippen LogP contribution is -2.25. The van der Waals surface area contributed by atoms with E-state index in [4.69, 9.17) is 5.11 Å². The van der Waals surface area contributed by atoms with Gasteiger partial charge in [-0.1, -0.05) is 44.1 Å². The number of rotatable bonds is 13. The van der Waals surface area contributed by atoms with Crippen molar-refractivity contribution in [1.29, 1.82) is 0 Å². The van der Waals surface area contributed by atoms with E-state index in [1.165, 1.54) is 0 Å². The van der Waals surface area contributed by atoms with Crippen LogP contribution in [-0.2, 0) is 9.59 Å². The van der Waals surface area contributed by atoms with Crippen LogP contribution in [0.5, 0.6) is 0 Å². The maximum atomic E-state index is 12.2. The Morgan fingerprint density at radius 1 is 1.30 bits per heavy atom. The van der Waals surface area contributed by atoms with Crippen LogP contribution in [0.3, 0.4) is 0 Å². The number of carbonyl (C=O) groups is 2. The molecule has 1 aliphatic rings. The molecule has 1 fully saturated rings. The Hall–Kier alpha value is -1.30. The molecule has 0 heterocycles. The van der Waals surface area contributed by atoms with Crippen molar-refractivity contribution < 1.29 is 24.9 Å². The summed E-state index contributed by atoms with van der Waals surface area (Å²) in [5, 5.41) is 29.6. The normalized spacial score (nSPS) is 25.5. The molecule has 3 N–H and O–H groups in total. The number of aliphatic hydroxyl groups is 3. The average molecular weight is 381 g/mol. The van der Waals surface area contributed by atoms with Gasteiger partial charge in [-0.05, 0) is 45.4 Å². The van der Waals surface area contributed by atoms with Gasteiger partial charge in [0.15, 0.2) is 5.78 Å². The van der Waals surface area contributed by atoms with Gasteiger partial charge < -0.3 is 15.3 Å². The third-order valence-corrected chi connectivity index (χ3v) is 5.20. The summed E-state index contributed by atoms with van der Waals surface area (Å²) in [7, 11) is 0. The Labute approximate surface area is 163 Å². The Morgan fingerprint density at radius 3 is 2.67 bits per heavy atom. The summed E-state index contributed by atoms with van der Waals surface area (Å²) < 4.78 is 0. The van der Waals surface area contributed by atoms with Crippen LogP contribution in [0.2, 0.25) is 0 Å². The maximum absolute atomic E-state index is 12.2. The van der Waals surface area contributed by atoms with E-state index in [0.29, 0.717) is 32.1 Å². The smallest absolute Gasteiger partial charge is 0.158 e. The molecule has 3 atom stereocenters. The van der Waals surface area contributed by atoms with E-state index in [9.17, 15) is 19.8 Å².